The molecule has 0 aliphatic heterocycles. The number of amides is 1. The van der Waals surface area contributed by atoms with Crippen molar-refractivity contribution in [3.8, 4) is 0 Å². The van der Waals surface area contributed by atoms with Gasteiger partial charge in [0.15, 0.2) is 0 Å². The Morgan fingerprint density at radius 3 is 1.00 bits per heavy atom. The quantitative estimate of drug-likeness (QED) is 0.0699. The van der Waals surface area contributed by atoms with Crippen molar-refractivity contribution >= 4 is 12.1 Å². The van der Waals surface area contributed by atoms with Crippen LogP contribution in [-0.2, 0) is 71.1 Å². The third-order valence-corrected chi connectivity index (χ3v) is 7.21. The van der Waals surface area contributed by atoms with E-state index in [0.29, 0.717) is 165 Å². The Kier molecular flexibility index (Phi) is 41.5. The third-order valence-electron chi connectivity index (χ3n) is 7.21. The number of hydrogen-bond donors (Lipinski definition) is 1. The molecule has 0 heterocycles. The molecule has 56 heavy (non-hydrogen) atoms. The van der Waals surface area contributed by atoms with Gasteiger partial charge in [-0.25, -0.2) is 4.79 Å². The second-order valence-electron chi connectivity index (χ2n) is 13.2. The van der Waals surface area contributed by atoms with Crippen LogP contribution in [0.4, 0.5) is 4.79 Å². The molecule has 334 valence electrons. The number of ether oxygens (including phenoxy) is 14. The lowest BCUT2D eigenvalue weighted by Gasteiger charge is -2.19. The van der Waals surface area contributed by atoms with E-state index in [0.717, 1.165) is 25.7 Å². The van der Waals surface area contributed by atoms with Gasteiger partial charge in [-0.1, -0.05) is 26.7 Å². The molecule has 0 spiro atoms. The molecule has 17 heteroatoms. The topological polar surface area (TPSA) is 175 Å². The van der Waals surface area contributed by atoms with Crippen molar-refractivity contribution in [2.75, 3.05) is 172 Å². The second-order valence-corrected chi connectivity index (χ2v) is 13.2. The highest BCUT2D eigenvalue weighted by Gasteiger charge is 2.17. The minimum atomic E-state index is -0.516. The van der Waals surface area contributed by atoms with E-state index in [-0.39, 0.29) is 18.5 Å². The Bertz CT molecular complexity index is 835. The minimum absolute atomic E-state index is 0.00932. The lowest BCUT2D eigenvalue weighted by molar-refractivity contribution is -0.150. The van der Waals surface area contributed by atoms with Crippen LogP contribution >= 0.6 is 0 Å². The molecule has 1 atom stereocenters. The molecule has 0 aromatic rings. The van der Waals surface area contributed by atoms with Crippen molar-refractivity contribution in [3.63, 3.8) is 0 Å². The van der Waals surface area contributed by atoms with E-state index in [1.54, 1.807) is 0 Å². The van der Waals surface area contributed by atoms with Crippen LogP contribution in [0.15, 0.2) is 0 Å². The maximum Gasteiger partial charge on any atom is 0.407 e. The molecule has 0 aromatic carbocycles. The smallest absolute Gasteiger partial charge is 0.407 e. The van der Waals surface area contributed by atoms with Gasteiger partial charge in [-0.05, 0) is 33.6 Å². The number of alkyl carbamates (subject to hydrolysis) is 1. The van der Waals surface area contributed by atoms with E-state index < -0.39 is 11.7 Å². The summed E-state index contributed by atoms with van der Waals surface area (Å²) < 4.78 is 76.1. The summed E-state index contributed by atoms with van der Waals surface area (Å²) in [6.07, 6.45) is 3.36. The molecule has 0 aliphatic carbocycles. The van der Waals surface area contributed by atoms with Crippen molar-refractivity contribution in [3.05, 3.63) is 0 Å². The van der Waals surface area contributed by atoms with Gasteiger partial charge in [0.2, 0.25) is 0 Å². The fraction of sp³-hybridized carbons (Fsp3) is 0.949. The molecule has 0 radical (unpaired) electrons. The average Bonchev–Trinajstić information content (AvgIpc) is 3.16. The highest BCUT2D eigenvalue weighted by atomic mass is 16.6. The minimum Gasteiger partial charge on any atom is -0.463 e. The number of carbonyl (C=O) groups is 2. The van der Waals surface area contributed by atoms with Crippen LogP contribution in [0, 0.1) is 5.92 Å². The monoisotopic (exact) mass is 816 g/mol. The Hall–Kier alpha value is -1.74. The van der Waals surface area contributed by atoms with Crippen molar-refractivity contribution in [1.82, 2.24) is 5.32 Å². The van der Waals surface area contributed by atoms with Crippen LogP contribution in [0.5, 0.6) is 0 Å². The summed E-state index contributed by atoms with van der Waals surface area (Å²) in [7, 11) is 0. The van der Waals surface area contributed by atoms with Crippen molar-refractivity contribution in [2.45, 2.75) is 65.9 Å². The van der Waals surface area contributed by atoms with E-state index >= 15 is 0 Å². The van der Waals surface area contributed by atoms with E-state index in [1.807, 2.05) is 27.7 Å². The first-order valence-electron chi connectivity index (χ1n) is 20.4. The van der Waals surface area contributed by atoms with Gasteiger partial charge in [0, 0.05) is 6.54 Å². The summed E-state index contributed by atoms with van der Waals surface area (Å²) in [6, 6.07) is 0. The molecule has 0 bridgehead atoms. The van der Waals surface area contributed by atoms with Gasteiger partial charge in [-0.15, -0.1) is 0 Å². The molecular weight excluding hydrogens is 738 g/mol. The van der Waals surface area contributed by atoms with Gasteiger partial charge in [0.05, 0.1) is 164 Å². The SMILES string of the molecule is CCCCC(CC)C(=O)OCCOCCOCCOCCOCCOCCOCCOCCOCCOCCOCCOCCOCCNC(=O)OC(C)(C)C. The Morgan fingerprint density at radius 2 is 0.732 bits per heavy atom. The van der Waals surface area contributed by atoms with Crippen molar-refractivity contribution in [1.29, 1.82) is 0 Å². The lowest BCUT2D eigenvalue weighted by Crippen LogP contribution is -2.34. The summed E-state index contributed by atoms with van der Waals surface area (Å²) >= 11 is 0. The number of hydrogen-bond acceptors (Lipinski definition) is 16. The van der Waals surface area contributed by atoms with Crippen molar-refractivity contribution < 1.29 is 75.9 Å². The maximum absolute atomic E-state index is 12.0. The van der Waals surface area contributed by atoms with Crippen LogP contribution in [0.3, 0.4) is 0 Å². The van der Waals surface area contributed by atoms with Crippen LogP contribution in [0.2, 0.25) is 0 Å². The highest BCUT2D eigenvalue weighted by molar-refractivity contribution is 5.72. The van der Waals surface area contributed by atoms with Crippen LogP contribution in [0.1, 0.15) is 60.3 Å². The number of carbonyl (C=O) groups excluding carboxylic acids is 2. The van der Waals surface area contributed by atoms with Gasteiger partial charge >= 0.3 is 12.1 Å². The highest BCUT2D eigenvalue weighted by Crippen LogP contribution is 2.14. The molecule has 1 amide bonds. The summed E-state index contributed by atoms with van der Waals surface area (Å²) in [5.74, 6) is -0.134. The van der Waals surface area contributed by atoms with Gasteiger partial charge in [-0.2, -0.15) is 0 Å². The van der Waals surface area contributed by atoms with Gasteiger partial charge in [0.1, 0.15) is 12.2 Å². The van der Waals surface area contributed by atoms with Crippen molar-refractivity contribution in [2.24, 2.45) is 5.92 Å². The fourth-order valence-electron chi connectivity index (χ4n) is 4.32. The molecule has 17 nitrogen and oxygen atoms in total. The number of rotatable bonds is 44. The van der Waals surface area contributed by atoms with Gasteiger partial charge < -0.3 is 71.6 Å². The maximum atomic E-state index is 12.0. The zero-order valence-corrected chi connectivity index (χ0v) is 35.3. The zero-order valence-electron chi connectivity index (χ0n) is 35.3. The van der Waals surface area contributed by atoms with E-state index in [1.165, 1.54) is 0 Å². The van der Waals surface area contributed by atoms with Crippen LogP contribution < -0.4 is 5.32 Å². The number of unbranched alkanes of at least 4 members (excludes halogenated alkanes) is 1. The van der Waals surface area contributed by atoms with E-state index in [4.69, 9.17) is 66.3 Å². The summed E-state index contributed by atoms with van der Waals surface area (Å²) in [4.78, 5) is 23.5. The Balaban J connectivity index is 3.16. The molecule has 1 unspecified atom stereocenters. The molecular formula is C39H77NO16. The first kappa shape index (κ1) is 54.3. The molecule has 0 rings (SSSR count). The van der Waals surface area contributed by atoms with Gasteiger partial charge in [-0.3, -0.25) is 4.79 Å². The molecule has 1 N–H and O–H groups in total. The fourth-order valence-corrected chi connectivity index (χ4v) is 4.32. The van der Waals surface area contributed by atoms with E-state index in [9.17, 15) is 9.59 Å². The standard InChI is InChI=1S/C39H77NO16/c1-6-8-9-36(7-2)37(41)55-35-34-54-33-32-53-31-30-52-29-28-51-27-26-50-25-24-49-23-22-48-21-20-47-19-18-46-17-16-45-15-14-44-13-12-43-11-10-40-38(42)56-39(3,4)5/h36H,6-35H2,1-5H3,(H,40,42). The van der Waals surface area contributed by atoms with E-state index in [2.05, 4.69) is 12.2 Å². The van der Waals surface area contributed by atoms with Crippen LogP contribution in [-0.4, -0.2) is 189 Å². The summed E-state index contributed by atoms with van der Waals surface area (Å²) in [5, 5.41) is 2.63. The predicted molar refractivity (Wildman–Crippen MR) is 208 cm³/mol. The third kappa shape index (κ3) is 43.4. The zero-order chi connectivity index (χ0) is 41.1. The van der Waals surface area contributed by atoms with Gasteiger partial charge in [0.25, 0.3) is 0 Å². The normalized spacial score (nSPS) is 12.2. The largest absolute Gasteiger partial charge is 0.463 e. The first-order chi connectivity index (χ1) is 27.3. The number of esters is 1. The molecule has 0 aliphatic rings. The summed E-state index contributed by atoms with van der Waals surface area (Å²) in [5.41, 5.74) is -0.516. The molecule has 0 aromatic heterocycles. The first-order valence-corrected chi connectivity index (χ1v) is 20.4. The molecule has 0 saturated carbocycles. The van der Waals surface area contributed by atoms with Crippen LogP contribution in [0.25, 0.3) is 0 Å². The summed E-state index contributed by atoms with van der Waals surface area (Å²) in [6.45, 7) is 21.5. The number of nitrogens with one attached hydrogen (secondary N) is 1. The second kappa shape index (κ2) is 42.9. The average molecular weight is 816 g/mol. The Labute approximate surface area is 336 Å². The lowest BCUT2D eigenvalue weighted by atomic mass is 10.00. The molecule has 0 fully saturated rings. The molecule has 0 saturated heterocycles. The predicted octanol–water partition coefficient (Wildman–Crippen LogP) is 3.47. The Morgan fingerprint density at radius 1 is 0.446 bits per heavy atom.